The van der Waals surface area contributed by atoms with Gasteiger partial charge in [-0.15, -0.1) is 0 Å². The van der Waals surface area contributed by atoms with Gasteiger partial charge in [0.2, 0.25) is 5.91 Å². The van der Waals surface area contributed by atoms with Crippen LogP contribution in [0.25, 0.3) is 5.69 Å². The first-order valence-electron chi connectivity index (χ1n) is 10.7. The molecule has 0 aliphatic rings. The quantitative estimate of drug-likeness (QED) is 0.419. The minimum absolute atomic E-state index is 0.0957. The van der Waals surface area contributed by atoms with E-state index in [1.54, 1.807) is 28.9 Å². The van der Waals surface area contributed by atoms with E-state index >= 15 is 0 Å². The lowest BCUT2D eigenvalue weighted by molar-refractivity contribution is -0.117. The van der Waals surface area contributed by atoms with Crippen molar-refractivity contribution in [1.82, 2.24) is 14.7 Å². The van der Waals surface area contributed by atoms with Crippen molar-refractivity contribution in [1.29, 1.82) is 0 Å². The van der Waals surface area contributed by atoms with Gasteiger partial charge in [0.1, 0.15) is 12.4 Å². The van der Waals surface area contributed by atoms with Crippen LogP contribution in [-0.4, -0.2) is 39.1 Å². The molecule has 0 spiro atoms. The fraction of sp³-hybridized carbons (Fsp3) is 0.320. The first-order valence-corrected chi connectivity index (χ1v) is 11.9. The number of anilines is 1. The summed E-state index contributed by atoms with van der Waals surface area (Å²) >= 11 is 9.80. The zero-order valence-corrected chi connectivity index (χ0v) is 21.7. The Labute approximate surface area is 208 Å². The van der Waals surface area contributed by atoms with Gasteiger partial charge in [0.05, 0.1) is 16.4 Å². The summed E-state index contributed by atoms with van der Waals surface area (Å²) in [5.74, 6) is -0.0335. The average Bonchev–Trinajstić information content (AvgIpc) is 3.15. The highest BCUT2D eigenvalue weighted by molar-refractivity contribution is 9.10. The van der Waals surface area contributed by atoms with Gasteiger partial charge in [-0.05, 0) is 44.2 Å². The van der Waals surface area contributed by atoms with Gasteiger partial charge in [0.25, 0.3) is 5.91 Å². The highest BCUT2D eigenvalue weighted by Crippen LogP contribution is 2.29. The summed E-state index contributed by atoms with van der Waals surface area (Å²) in [5.41, 5.74) is 1.76. The van der Waals surface area contributed by atoms with Crippen LogP contribution in [0.1, 0.15) is 50.7 Å². The van der Waals surface area contributed by atoms with Gasteiger partial charge in [-0.2, -0.15) is 5.10 Å². The molecule has 0 aliphatic heterocycles. The third kappa shape index (κ3) is 6.03. The Balaban J connectivity index is 1.89. The Kier molecular flexibility index (Phi) is 7.65. The predicted octanol–water partition coefficient (Wildman–Crippen LogP) is 6.08. The van der Waals surface area contributed by atoms with Gasteiger partial charge in [-0.1, -0.05) is 66.5 Å². The van der Waals surface area contributed by atoms with Crippen LogP contribution in [0.15, 0.2) is 59.1 Å². The summed E-state index contributed by atoms with van der Waals surface area (Å²) in [6.45, 7) is 9.82. The van der Waals surface area contributed by atoms with Crippen LogP contribution in [0, 0.1) is 0 Å². The van der Waals surface area contributed by atoms with Crippen molar-refractivity contribution in [2.45, 2.75) is 46.1 Å². The molecule has 0 bridgehead atoms. The molecule has 8 heteroatoms. The van der Waals surface area contributed by atoms with E-state index in [-0.39, 0.29) is 29.8 Å². The Morgan fingerprint density at radius 1 is 1.12 bits per heavy atom. The molecular weight excluding hydrogens is 504 g/mol. The highest BCUT2D eigenvalue weighted by Gasteiger charge is 2.25. The summed E-state index contributed by atoms with van der Waals surface area (Å²) in [6, 6.07) is 16.1. The van der Waals surface area contributed by atoms with Gasteiger partial charge < -0.3 is 10.2 Å². The molecule has 0 aliphatic carbocycles. The second-order valence-corrected chi connectivity index (χ2v) is 10.4. The van der Waals surface area contributed by atoms with Crippen LogP contribution >= 0.6 is 27.5 Å². The third-order valence-electron chi connectivity index (χ3n) is 5.10. The first-order chi connectivity index (χ1) is 15.5. The number of benzene rings is 2. The van der Waals surface area contributed by atoms with Crippen LogP contribution in [0.2, 0.25) is 5.02 Å². The van der Waals surface area contributed by atoms with E-state index in [1.807, 2.05) is 44.2 Å². The number of carbonyl (C=O) groups excluding carboxylic acids is 2. The van der Waals surface area contributed by atoms with Crippen molar-refractivity contribution < 1.29 is 9.59 Å². The molecule has 1 heterocycles. The van der Waals surface area contributed by atoms with E-state index in [0.29, 0.717) is 22.1 Å². The highest BCUT2D eigenvalue weighted by atomic mass is 79.9. The Morgan fingerprint density at radius 2 is 1.82 bits per heavy atom. The molecule has 6 nitrogen and oxygen atoms in total. The number of hydrogen-bond acceptors (Lipinski definition) is 3. The van der Waals surface area contributed by atoms with Gasteiger partial charge in [-0.3, -0.25) is 9.59 Å². The van der Waals surface area contributed by atoms with Gasteiger partial charge in [0.15, 0.2) is 0 Å². The number of nitrogens with zero attached hydrogens (tertiary/aromatic N) is 3. The number of aromatic nitrogens is 2. The van der Waals surface area contributed by atoms with Crippen molar-refractivity contribution in [2.24, 2.45) is 0 Å². The standard InChI is InChI=1S/C25H28BrClN4O2/c1-16(2)30(24(33)17-9-8-10-18(26)13-17)15-23(32)28-22-14-21(25(3,4)5)29-31(22)20-12-7-6-11-19(20)27/h6-14,16H,15H2,1-5H3,(H,28,32). The molecule has 0 saturated heterocycles. The van der Waals surface area contributed by atoms with Crippen LogP contribution in [0.3, 0.4) is 0 Å². The summed E-state index contributed by atoms with van der Waals surface area (Å²) in [7, 11) is 0. The summed E-state index contributed by atoms with van der Waals surface area (Å²) in [5, 5.41) is 8.15. The van der Waals surface area contributed by atoms with E-state index in [9.17, 15) is 9.59 Å². The van der Waals surface area contributed by atoms with Gasteiger partial charge in [0, 0.05) is 27.6 Å². The number of rotatable bonds is 6. The molecule has 1 N–H and O–H groups in total. The Bertz CT molecular complexity index is 1170. The zero-order chi connectivity index (χ0) is 24.3. The minimum Gasteiger partial charge on any atom is -0.327 e. The molecule has 2 aromatic carbocycles. The molecular formula is C25H28BrClN4O2. The number of nitrogens with one attached hydrogen (secondary N) is 1. The largest absolute Gasteiger partial charge is 0.327 e. The maximum Gasteiger partial charge on any atom is 0.254 e. The molecule has 3 aromatic rings. The number of para-hydroxylation sites is 1. The predicted molar refractivity (Wildman–Crippen MR) is 136 cm³/mol. The second-order valence-electron chi connectivity index (χ2n) is 9.11. The van der Waals surface area contributed by atoms with E-state index in [0.717, 1.165) is 10.2 Å². The summed E-state index contributed by atoms with van der Waals surface area (Å²) in [6.07, 6.45) is 0. The molecule has 2 amide bonds. The number of amides is 2. The molecule has 3 rings (SSSR count). The normalized spacial score (nSPS) is 11.5. The zero-order valence-electron chi connectivity index (χ0n) is 19.4. The molecule has 33 heavy (non-hydrogen) atoms. The SMILES string of the molecule is CC(C)N(CC(=O)Nc1cc(C(C)(C)C)nn1-c1ccccc1Cl)C(=O)c1cccc(Br)c1. The lowest BCUT2D eigenvalue weighted by Crippen LogP contribution is -2.42. The topological polar surface area (TPSA) is 67.2 Å². The number of hydrogen-bond donors (Lipinski definition) is 1. The van der Waals surface area contributed by atoms with Crippen LogP contribution in [-0.2, 0) is 10.2 Å². The maximum atomic E-state index is 13.1. The fourth-order valence-electron chi connectivity index (χ4n) is 3.26. The van der Waals surface area contributed by atoms with E-state index in [1.165, 1.54) is 4.90 Å². The van der Waals surface area contributed by atoms with Crippen molar-refractivity contribution in [2.75, 3.05) is 11.9 Å². The monoisotopic (exact) mass is 530 g/mol. The van der Waals surface area contributed by atoms with Gasteiger partial charge in [-0.25, -0.2) is 4.68 Å². The van der Waals surface area contributed by atoms with Crippen LogP contribution < -0.4 is 5.32 Å². The molecule has 0 atom stereocenters. The summed E-state index contributed by atoms with van der Waals surface area (Å²) < 4.78 is 2.44. The minimum atomic E-state index is -0.319. The Hall–Kier alpha value is -2.64. The van der Waals surface area contributed by atoms with Crippen LogP contribution in [0.5, 0.6) is 0 Å². The number of halogens is 2. The molecule has 0 fully saturated rings. The van der Waals surface area contributed by atoms with E-state index < -0.39 is 0 Å². The average molecular weight is 532 g/mol. The van der Waals surface area contributed by atoms with Crippen molar-refractivity contribution in [3.8, 4) is 5.69 Å². The van der Waals surface area contributed by atoms with Crippen molar-refractivity contribution >= 4 is 45.2 Å². The lowest BCUT2D eigenvalue weighted by Gasteiger charge is -2.26. The molecule has 0 radical (unpaired) electrons. The maximum absolute atomic E-state index is 13.1. The summed E-state index contributed by atoms with van der Waals surface area (Å²) in [4.78, 5) is 27.7. The van der Waals surface area contributed by atoms with E-state index in [4.69, 9.17) is 16.7 Å². The second kappa shape index (κ2) is 10.1. The smallest absolute Gasteiger partial charge is 0.254 e. The molecule has 0 saturated carbocycles. The van der Waals surface area contributed by atoms with Crippen molar-refractivity contribution in [3.63, 3.8) is 0 Å². The lowest BCUT2D eigenvalue weighted by atomic mass is 9.92. The van der Waals surface area contributed by atoms with Crippen molar-refractivity contribution in [3.05, 3.63) is 75.4 Å². The van der Waals surface area contributed by atoms with Crippen LogP contribution in [0.4, 0.5) is 5.82 Å². The van der Waals surface area contributed by atoms with Gasteiger partial charge >= 0.3 is 0 Å². The van der Waals surface area contributed by atoms with E-state index in [2.05, 4.69) is 42.0 Å². The third-order valence-corrected chi connectivity index (χ3v) is 5.91. The Morgan fingerprint density at radius 3 is 2.42 bits per heavy atom. The number of carbonyl (C=O) groups is 2. The fourth-order valence-corrected chi connectivity index (χ4v) is 3.87. The molecule has 1 aromatic heterocycles. The molecule has 0 unspecified atom stereocenters. The first kappa shape index (κ1) is 25.0. The molecule has 174 valence electrons.